The molecule has 1 aromatic rings. The third-order valence-electron chi connectivity index (χ3n) is 6.49. The SMILES string of the molecule is CCCCCC1CCC(c2ccc(OCCCCCCCCCO)cc2)CC1. The number of benzene rings is 1. The minimum Gasteiger partial charge on any atom is -0.494 e. The molecule has 1 aliphatic carbocycles. The molecule has 0 bridgehead atoms. The second-order valence-electron chi connectivity index (χ2n) is 8.83. The Labute approximate surface area is 174 Å². The molecule has 160 valence electrons. The van der Waals surface area contributed by atoms with Crippen LogP contribution < -0.4 is 4.74 Å². The molecule has 0 saturated heterocycles. The first-order valence-corrected chi connectivity index (χ1v) is 12.2. The molecule has 2 rings (SSSR count). The van der Waals surface area contributed by atoms with Crippen molar-refractivity contribution in [2.45, 2.75) is 109 Å². The summed E-state index contributed by atoms with van der Waals surface area (Å²) in [6.45, 7) is 3.47. The van der Waals surface area contributed by atoms with Gasteiger partial charge >= 0.3 is 0 Å². The number of aliphatic hydroxyl groups excluding tert-OH is 1. The Morgan fingerprint density at radius 3 is 2.07 bits per heavy atom. The molecule has 28 heavy (non-hydrogen) atoms. The maximum atomic E-state index is 8.77. The van der Waals surface area contributed by atoms with Gasteiger partial charge in [-0.05, 0) is 68.1 Å². The Hall–Kier alpha value is -1.02. The first-order valence-electron chi connectivity index (χ1n) is 12.2. The molecule has 1 aliphatic rings. The summed E-state index contributed by atoms with van der Waals surface area (Å²) in [7, 11) is 0. The summed E-state index contributed by atoms with van der Waals surface area (Å²) in [5.74, 6) is 2.78. The van der Waals surface area contributed by atoms with E-state index in [1.54, 1.807) is 0 Å². The fraction of sp³-hybridized carbons (Fsp3) is 0.769. The maximum Gasteiger partial charge on any atom is 0.119 e. The molecule has 1 saturated carbocycles. The lowest BCUT2D eigenvalue weighted by atomic mass is 9.77. The lowest BCUT2D eigenvalue weighted by Crippen LogP contribution is -2.13. The molecule has 0 radical (unpaired) electrons. The van der Waals surface area contributed by atoms with Crippen LogP contribution in [0.25, 0.3) is 0 Å². The first-order chi connectivity index (χ1) is 13.8. The van der Waals surface area contributed by atoms with Gasteiger partial charge in [-0.25, -0.2) is 0 Å². The lowest BCUT2D eigenvalue weighted by Gasteiger charge is -2.29. The van der Waals surface area contributed by atoms with E-state index in [0.29, 0.717) is 6.61 Å². The topological polar surface area (TPSA) is 29.5 Å². The van der Waals surface area contributed by atoms with Crippen LogP contribution in [-0.2, 0) is 0 Å². The van der Waals surface area contributed by atoms with E-state index in [1.165, 1.54) is 89.0 Å². The first kappa shape index (κ1) is 23.3. The molecule has 0 atom stereocenters. The van der Waals surface area contributed by atoms with Crippen LogP contribution in [0.2, 0.25) is 0 Å². The van der Waals surface area contributed by atoms with E-state index in [4.69, 9.17) is 9.84 Å². The van der Waals surface area contributed by atoms with Crippen molar-refractivity contribution < 1.29 is 9.84 Å². The summed E-state index contributed by atoms with van der Waals surface area (Å²) in [6.07, 6.45) is 19.6. The van der Waals surface area contributed by atoms with Crippen molar-refractivity contribution in [1.29, 1.82) is 0 Å². The number of ether oxygens (including phenoxy) is 1. The van der Waals surface area contributed by atoms with E-state index in [1.807, 2.05) is 0 Å². The number of unbranched alkanes of at least 4 members (excludes halogenated alkanes) is 8. The number of aliphatic hydroxyl groups is 1. The third kappa shape index (κ3) is 9.45. The van der Waals surface area contributed by atoms with Gasteiger partial charge in [0.1, 0.15) is 5.75 Å². The fourth-order valence-corrected chi connectivity index (χ4v) is 4.59. The van der Waals surface area contributed by atoms with Crippen LogP contribution in [0, 0.1) is 5.92 Å². The van der Waals surface area contributed by atoms with Crippen LogP contribution in [0.3, 0.4) is 0 Å². The van der Waals surface area contributed by atoms with Gasteiger partial charge in [-0.3, -0.25) is 0 Å². The predicted octanol–water partition coefficient (Wildman–Crippen LogP) is 7.64. The van der Waals surface area contributed by atoms with Gasteiger partial charge in [-0.1, -0.05) is 76.8 Å². The van der Waals surface area contributed by atoms with Crippen LogP contribution in [-0.4, -0.2) is 18.3 Å². The summed E-state index contributed by atoms with van der Waals surface area (Å²) in [4.78, 5) is 0. The standard InChI is InChI=1S/C26H44O2/c1-2-3-9-12-23-13-15-24(16-14-23)25-17-19-26(20-18-25)28-22-11-8-6-4-5-7-10-21-27/h17-20,23-24,27H,2-16,21-22H2,1H3. The van der Waals surface area contributed by atoms with Gasteiger partial charge in [0.05, 0.1) is 6.61 Å². The minimum atomic E-state index is 0.340. The van der Waals surface area contributed by atoms with E-state index >= 15 is 0 Å². The number of hydrogen-bond acceptors (Lipinski definition) is 2. The highest BCUT2D eigenvalue weighted by atomic mass is 16.5. The van der Waals surface area contributed by atoms with Gasteiger partial charge in [-0.2, -0.15) is 0 Å². The van der Waals surface area contributed by atoms with Gasteiger partial charge in [0.25, 0.3) is 0 Å². The highest BCUT2D eigenvalue weighted by molar-refractivity contribution is 5.29. The molecular weight excluding hydrogens is 344 g/mol. The van der Waals surface area contributed by atoms with Crippen LogP contribution in [0.4, 0.5) is 0 Å². The Morgan fingerprint density at radius 1 is 0.786 bits per heavy atom. The largest absolute Gasteiger partial charge is 0.494 e. The van der Waals surface area contributed by atoms with Crippen LogP contribution in [0.1, 0.15) is 115 Å². The monoisotopic (exact) mass is 388 g/mol. The van der Waals surface area contributed by atoms with E-state index < -0.39 is 0 Å². The fourth-order valence-electron chi connectivity index (χ4n) is 4.59. The zero-order valence-electron chi connectivity index (χ0n) is 18.3. The zero-order valence-corrected chi connectivity index (χ0v) is 18.3. The summed E-state index contributed by atoms with van der Waals surface area (Å²) in [5, 5.41) is 8.77. The van der Waals surface area contributed by atoms with Crippen molar-refractivity contribution in [2.24, 2.45) is 5.92 Å². The summed E-state index contributed by atoms with van der Waals surface area (Å²) in [6, 6.07) is 8.96. The molecule has 1 fully saturated rings. The highest BCUT2D eigenvalue weighted by Crippen LogP contribution is 2.38. The number of rotatable bonds is 15. The Morgan fingerprint density at radius 2 is 1.43 bits per heavy atom. The second-order valence-corrected chi connectivity index (χ2v) is 8.83. The lowest BCUT2D eigenvalue weighted by molar-refractivity contribution is 0.281. The molecule has 0 unspecified atom stereocenters. The average molecular weight is 389 g/mol. The van der Waals surface area contributed by atoms with Crippen molar-refractivity contribution in [3.8, 4) is 5.75 Å². The van der Waals surface area contributed by atoms with Crippen LogP contribution in [0.15, 0.2) is 24.3 Å². The van der Waals surface area contributed by atoms with E-state index in [9.17, 15) is 0 Å². The molecule has 0 aliphatic heterocycles. The van der Waals surface area contributed by atoms with Gasteiger partial charge in [0.2, 0.25) is 0 Å². The van der Waals surface area contributed by atoms with E-state index in [-0.39, 0.29) is 0 Å². The van der Waals surface area contributed by atoms with Crippen molar-refractivity contribution in [2.75, 3.05) is 13.2 Å². The Balaban J connectivity index is 1.55. The summed E-state index contributed by atoms with van der Waals surface area (Å²) >= 11 is 0. The molecule has 1 N–H and O–H groups in total. The van der Waals surface area contributed by atoms with Gasteiger partial charge in [0, 0.05) is 6.61 Å². The minimum absolute atomic E-state index is 0.340. The van der Waals surface area contributed by atoms with Gasteiger partial charge in [-0.15, -0.1) is 0 Å². The molecular formula is C26H44O2. The zero-order chi connectivity index (χ0) is 19.9. The Bertz CT molecular complexity index is 474. The average Bonchev–Trinajstić information content (AvgIpc) is 2.74. The van der Waals surface area contributed by atoms with Crippen LogP contribution >= 0.6 is 0 Å². The molecule has 1 aromatic carbocycles. The van der Waals surface area contributed by atoms with Crippen molar-refractivity contribution in [3.05, 3.63) is 29.8 Å². The van der Waals surface area contributed by atoms with Crippen molar-refractivity contribution in [3.63, 3.8) is 0 Å². The number of hydrogen-bond donors (Lipinski definition) is 1. The quantitative estimate of drug-likeness (QED) is 0.313. The highest BCUT2D eigenvalue weighted by Gasteiger charge is 2.21. The van der Waals surface area contributed by atoms with Crippen molar-refractivity contribution in [1.82, 2.24) is 0 Å². The van der Waals surface area contributed by atoms with Gasteiger partial charge < -0.3 is 9.84 Å². The molecule has 0 spiro atoms. The molecule has 2 nitrogen and oxygen atoms in total. The maximum absolute atomic E-state index is 8.77. The second kappa shape index (κ2) is 14.9. The third-order valence-corrected chi connectivity index (χ3v) is 6.49. The molecule has 0 heterocycles. The summed E-state index contributed by atoms with van der Waals surface area (Å²) < 4.78 is 5.93. The molecule has 0 amide bonds. The summed E-state index contributed by atoms with van der Waals surface area (Å²) in [5.41, 5.74) is 1.52. The van der Waals surface area contributed by atoms with E-state index in [2.05, 4.69) is 31.2 Å². The molecule has 0 aromatic heterocycles. The van der Waals surface area contributed by atoms with Gasteiger partial charge in [0.15, 0.2) is 0 Å². The Kier molecular flexibility index (Phi) is 12.4. The normalized spacial score (nSPS) is 19.6. The smallest absolute Gasteiger partial charge is 0.119 e. The van der Waals surface area contributed by atoms with E-state index in [0.717, 1.165) is 37.0 Å². The predicted molar refractivity (Wildman–Crippen MR) is 120 cm³/mol. The van der Waals surface area contributed by atoms with Crippen LogP contribution in [0.5, 0.6) is 5.75 Å². The molecule has 2 heteroatoms. The van der Waals surface area contributed by atoms with Crippen molar-refractivity contribution >= 4 is 0 Å².